The number of likely N-dealkylation sites (N-methyl/N-ethyl adjacent to an activating group) is 1. The molecule has 2 N–H and O–H groups in total. The van der Waals surface area contributed by atoms with Crippen LogP contribution in [0.1, 0.15) is 33.3 Å². The smallest absolute Gasteiger partial charge is 0.206 e. The number of aryl methyl sites for hydroxylation is 1. The first-order valence-corrected chi connectivity index (χ1v) is 11.2. The summed E-state index contributed by atoms with van der Waals surface area (Å²) in [6.45, 7) is 5.98. The van der Waals surface area contributed by atoms with Crippen LogP contribution in [0.15, 0.2) is 66.7 Å². The van der Waals surface area contributed by atoms with Gasteiger partial charge in [-0.1, -0.05) is 48.9 Å². The van der Waals surface area contributed by atoms with Crippen LogP contribution < -0.4 is 10.1 Å². The summed E-state index contributed by atoms with van der Waals surface area (Å²) < 4.78 is 7.05. The first-order chi connectivity index (χ1) is 15.0. The van der Waals surface area contributed by atoms with Gasteiger partial charge in [-0.15, -0.1) is 11.3 Å². The van der Waals surface area contributed by atoms with Gasteiger partial charge in [-0.2, -0.15) is 0 Å². The molecule has 4 rings (SSSR count). The first-order valence-electron chi connectivity index (χ1n) is 10.4. The molecule has 0 aliphatic carbocycles. The Kier molecular flexibility index (Phi) is 6.35. The molecule has 5 heteroatoms. The quantitative estimate of drug-likeness (QED) is 0.262. The summed E-state index contributed by atoms with van der Waals surface area (Å²) in [5.74, 6) is 1.29. The standard InChI is InChI=1S/C26H25NO3S/c1-3-27-15-14-18-6-11-21(12-7-18)30-25-22-13-10-20(28)16-23(22)31-26(25)24(29)19-8-4-17(2)5-9-19/h4-13,16,27-28H,3,14-15H2,1-2H3. The van der Waals surface area contributed by atoms with Crippen LogP contribution in [0, 0.1) is 6.92 Å². The molecule has 4 nitrogen and oxygen atoms in total. The zero-order valence-electron chi connectivity index (χ0n) is 17.6. The molecule has 0 fully saturated rings. The van der Waals surface area contributed by atoms with Crippen molar-refractivity contribution in [1.82, 2.24) is 5.32 Å². The zero-order chi connectivity index (χ0) is 21.8. The number of ketones is 1. The minimum atomic E-state index is -0.0852. The topological polar surface area (TPSA) is 58.6 Å². The molecule has 0 aliphatic rings. The highest BCUT2D eigenvalue weighted by Gasteiger charge is 2.22. The van der Waals surface area contributed by atoms with Crippen molar-refractivity contribution in [3.8, 4) is 17.2 Å². The van der Waals surface area contributed by atoms with E-state index in [2.05, 4.69) is 24.4 Å². The summed E-state index contributed by atoms with van der Waals surface area (Å²) in [4.78, 5) is 13.8. The molecule has 0 radical (unpaired) electrons. The Hall–Kier alpha value is -3.15. The lowest BCUT2D eigenvalue weighted by Crippen LogP contribution is -2.15. The molecule has 0 spiro atoms. The van der Waals surface area contributed by atoms with Gasteiger partial charge in [0.2, 0.25) is 5.78 Å². The molecule has 0 atom stereocenters. The number of carbonyl (C=O) groups is 1. The largest absolute Gasteiger partial charge is 0.508 e. The highest BCUT2D eigenvalue weighted by atomic mass is 32.1. The third-order valence-corrected chi connectivity index (χ3v) is 6.26. The summed E-state index contributed by atoms with van der Waals surface area (Å²) in [5, 5.41) is 14.0. The Morgan fingerprint density at radius 1 is 1.03 bits per heavy atom. The number of nitrogens with one attached hydrogen (secondary N) is 1. The number of aromatic hydroxyl groups is 1. The molecule has 0 bridgehead atoms. The Morgan fingerprint density at radius 3 is 2.48 bits per heavy atom. The molecular weight excluding hydrogens is 406 g/mol. The minimum Gasteiger partial charge on any atom is -0.508 e. The lowest BCUT2D eigenvalue weighted by Gasteiger charge is -2.09. The van der Waals surface area contributed by atoms with Crippen molar-refractivity contribution < 1.29 is 14.6 Å². The van der Waals surface area contributed by atoms with Crippen LogP contribution in [0.25, 0.3) is 10.1 Å². The average molecular weight is 432 g/mol. The molecular formula is C26H25NO3S. The van der Waals surface area contributed by atoms with E-state index in [1.807, 2.05) is 43.3 Å². The molecule has 0 saturated heterocycles. The van der Waals surface area contributed by atoms with Crippen molar-refractivity contribution in [2.75, 3.05) is 13.1 Å². The highest BCUT2D eigenvalue weighted by molar-refractivity contribution is 7.21. The molecule has 0 aliphatic heterocycles. The Labute approximate surface area is 186 Å². The van der Waals surface area contributed by atoms with Crippen molar-refractivity contribution in [3.05, 3.63) is 88.3 Å². The maximum atomic E-state index is 13.3. The number of thiophene rings is 1. The summed E-state index contributed by atoms with van der Waals surface area (Å²) in [5.41, 5.74) is 2.94. The molecule has 0 saturated carbocycles. The third-order valence-electron chi connectivity index (χ3n) is 5.13. The highest BCUT2D eigenvalue weighted by Crippen LogP contribution is 2.42. The number of ether oxygens (including phenoxy) is 1. The Balaban J connectivity index is 1.68. The van der Waals surface area contributed by atoms with Crippen molar-refractivity contribution >= 4 is 27.2 Å². The number of phenolic OH excluding ortho intramolecular Hbond substituents is 1. The lowest BCUT2D eigenvalue weighted by molar-refractivity contribution is 0.104. The molecule has 1 heterocycles. The second-order valence-corrected chi connectivity index (χ2v) is 8.54. The zero-order valence-corrected chi connectivity index (χ0v) is 18.5. The molecule has 3 aromatic carbocycles. The fourth-order valence-electron chi connectivity index (χ4n) is 3.40. The van der Waals surface area contributed by atoms with E-state index in [4.69, 9.17) is 4.74 Å². The second kappa shape index (κ2) is 9.33. The average Bonchev–Trinajstić information content (AvgIpc) is 3.12. The minimum absolute atomic E-state index is 0.0852. The first kappa shape index (κ1) is 21.1. The van der Waals surface area contributed by atoms with E-state index in [9.17, 15) is 9.90 Å². The third kappa shape index (κ3) is 4.79. The Bertz CT molecular complexity index is 1190. The van der Waals surface area contributed by atoms with E-state index in [1.54, 1.807) is 18.2 Å². The van der Waals surface area contributed by atoms with Crippen LogP contribution in [0.5, 0.6) is 17.2 Å². The SMILES string of the molecule is CCNCCc1ccc(Oc2c(C(=O)c3ccc(C)cc3)sc3cc(O)ccc23)cc1. The summed E-state index contributed by atoms with van der Waals surface area (Å²) in [7, 11) is 0. The number of phenols is 1. The number of fused-ring (bicyclic) bond motifs is 1. The van der Waals surface area contributed by atoms with Crippen molar-refractivity contribution in [2.45, 2.75) is 20.3 Å². The van der Waals surface area contributed by atoms with E-state index in [0.29, 0.717) is 21.9 Å². The number of hydrogen-bond donors (Lipinski definition) is 2. The van der Waals surface area contributed by atoms with Gasteiger partial charge in [0.25, 0.3) is 0 Å². The number of rotatable bonds is 8. The maximum absolute atomic E-state index is 13.3. The van der Waals surface area contributed by atoms with Gasteiger partial charge in [0.15, 0.2) is 5.75 Å². The molecule has 0 unspecified atom stereocenters. The predicted octanol–water partition coefficient (Wildman–Crippen LogP) is 6.09. The van der Waals surface area contributed by atoms with Crippen molar-refractivity contribution in [2.24, 2.45) is 0 Å². The number of carbonyl (C=O) groups excluding carboxylic acids is 1. The fraction of sp³-hybridized carbons (Fsp3) is 0.192. The van der Waals surface area contributed by atoms with Crippen LogP contribution >= 0.6 is 11.3 Å². The predicted molar refractivity (Wildman–Crippen MR) is 127 cm³/mol. The van der Waals surface area contributed by atoms with Gasteiger partial charge >= 0.3 is 0 Å². The molecule has 158 valence electrons. The lowest BCUT2D eigenvalue weighted by atomic mass is 10.1. The van der Waals surface area contributed by atoms with Crippen molar-refractivity contribution in [1.29, 1.82) is 0 Å². The van der Waals surface area contributed by atoms with Crippen LogP contribution in [0.2, 0.25) is 0 Å². The van der Waals surface area contributed by atoms with E-state index in [1.165, 1.54) is 16.9 Å². The van der Waals surface area contributed by atoms with Gasteiger partial charge in [0, 0.05) is 15.6 Å². The molecule has 0 amide bonds. The van der Waals surface area contributed by atoms with E-state index in [0.717, 1.165) is 35.2 Å². The van der Waals surface area contributed by atoms with Crippen LogP contribution in [-0.2, 0) is 6.42 Å². The number of hydrogen-bond acceptors (Lipinski definition) is 5. The maximum Gasteiger partial charge on any atom is 0.206 e. The van der Waals surface area contributed by atoms with Crippen LogP contribution in [-0.4, -0.2) is 24.0 Å². The van der Waals surface area contributed by atoms with E-state index < -0.39 is 0 Å². The summed E-state index contributed by atoms with van der Waals surface area (Å²) in [6.07, 6.45) is 0.950. The van der Waals surface area contributed by atoms with Gasteiger partial charge in [-0.3, -0.25) is 4.79 Å². The van der Waals surface area contributed by atoms with Gasteiger partial charge in [-0.05, 0) is 62.3 Å². The second-order valence-electron chi connectivity index (χ2n) is 7.49. The van der Waals surface area contributed by atoms with Gasteiger partial charge in [0.05, 0.1) is 0 Å². The van der Waals surface area contributed by atoms with Crippen LogP contribution in [0.4, 0.5) is 0 Å². The molecule has 4 aromatic rings. The monoisotopic (exact) mass is 431 g/mol. The molecule has 1 aromatic heterocycles. The van der Waals surface area contributed by atoms with Crippen molar-refractivity contribution in [3.63, 3.8) is 0 Å². The molecule has 31 heavy (non-hydrogen) atoms. The summed E-state index contributed by atoms with van der Waals surface area (Å²) >= 11 is 1.34. The fourth-order valence-corrected chi connectivity index (χ4v) is 4.53. The van der Waals surface area contributed by atoms with E-state index in [-0.39, 0.29) is 11.5 Å². The van der Waals surface area contributed by atoms with Gasteiger partial charge in [0.1, 0.15) is 16.4 Å². The number of benzene rings is 3. The summed E-state index contributed by atoms with van der Waals surface area (Å²) in [6, 6.07) is 20.6. The van der Waals surface area contributed by atoms with Gasteiger partial charge in [-0.25, -0.2) is 0 Å². The van der Waals surface area contributed by atoms with Crippen LogP contribution in [0.3, 0.4) is 0 Å². The Morgan fingerprint density at radius 2 is 1.77 bits per heavy atom. The van der Waals surface area contributed by atoms with E-state index >= 15 is 0 Å². The normalized spacial score (nSPS) is 11.0. The van der Waals surface area contributed by atoms with Gasteiger partial charge < -0.3 is 15.2 Å².